The molecule has 1 unspecified atom stereocenters. The van der Waals surface area contributed by atoms with Crippen LogP contribution < -0.4 is 5.32 Å². The van der Waals surface area contributed by atoms with Gasteiger partial charge in [0.15, 0.2) is 0 Å². The van der Waals surface area contributed by atoms with Gasteiger partial charge in [0, 0.05) is 6.04 Å². The molecule has 17 heavy (non-hydrogen) atoms. The molecule has 1 rings (SSSR count). The SMILES string of the molecule is CNC(CC(=O)O)Cc1ccc(C(C)C)cc1. The molecule has 3 nitrogen and oxygen atoms in total. The van der Waals surface area contributed by atoms with Crippen molar-refractivity contribution in [1.29, 1.82) is 0 Å². The maximum Gasteiger partial charge on any atom is 0.304 e. The lowest BCUT2D eigenvalue weighted by atomic mass is 9.98. The van der Waals surface area contributed by atoms with Crippen LogP contribution in [0.1, 0.15) is 37.3 Å². The van der Waals surface area contributed by atoms with E-state index in [4.69, 9.17) is 5.11 Å². The highest BCUT2D eigenvalue weighted by Crippen LogP contribution is 2.15. The maximum atomic E-state index is 10.7. The van der Waals surface area contributed by atoms with Gasteiger partial charge in [-0.15, -0.1) is 0 Å². The van der Waals surface area contributed by atoms with E-state index in [-0.39, 0.29) is 12.5 Å². The van der Waals surface area contributed by atoms with Crippen LogP contribution in [0, 0.1) is 0 Å². The Bertz CT molecular complexity index is 357. The third-order valence-electron chi connectivity index (χ3n) is 2.96. The van der Waals surface area contributed by atoms with Gasteiger partial charge in [0.1, 0.15) is 0 Å². The number of likely N-dealkylation sites (N-methyl/N-ethyl adjacent to an activating group) is 1. The van der Waals surface area contributed by atoms with E-state index in [1.807, 2.05) is 0 Å². The molecule has 1 atom stereocenters. The first-order valence-corrected chi connectivity index (χ1v) is 6.00. The molecule has 0 heterocycles. The van der Waals surface area contributed by atoms with Gasteiger partial charge in [-0.2, -0.15) is 0 Å². The summed E-state index contributed by atoms with van der Waals surface area (Å²) in [6, 6.07) is 8.40. The fraction of sp³-hybridized carbons (Fsp3) is 0.500. The lowest BCUT2D eigenvalue weighted by Crippen LogP contribution is -2.30. The van der Waals surface area contributed by atoms with Crippen molar-refractivity contribution in [2.45, 2.75) is 38.6 Å². The van der Waals surface area contributed by atoms with E-state index in [9.17, 15) is 4.79 Å². The third-order valence-corrected chi connectivity index (χ3v) is 2.96. The first-order valence-electron chi connectivity index (χ1n) is 6.00. The van der Waals surface area contributed by atoms with Gasteiger partial charge in [0.2, 0.25) is 0 Å². The number of nitrogens with one attached hydrogen (secondary N) is 1. The van der Waals surface area contributed by atoms with Crippen molar-refractivity contribution in [3.63, 3.8) is 0 Å². The summed E-state index contributed by atoms with van der Waals surface area (Å²) in [7, 11) is 1.80. The van der Waals surface area contributed by atoms with E-state index < -0.39 is 5.97 Å². The molecule has 0 radical (unpaired) electrons. The molecule has 0 spiro atoms. The summed E-state index contributed by atoms with van der Waals surface area (Å²) in [6.45, 7) is 4.33. The highest BCUT2D eigenvalue weighted by molar-refractivity contribution is 5.67. The molecule has 0 bridgehead atoms. The van der Waals surface area contributed by atoms with Gasteiger partial charge in [-0.25, -0.2) is 0 Å². The molecule has 1 aromatic carbocycles. The largest absolute Gasteiger partial charge is 0.481 e. The lowest BCUT2D eigenvalue weighted by molar-refractivity contribution is -0.137. The fourth-order valence-corrected chi connectivity index (χ4v) is 1.81. The fourth-order valence-electron chi connectivity index (χ4n) is 1.81. The van der Waals surface area contributed by atoms with Crippen molar-refractivity contribution in [2.24, 2.45) is 0 Å². The molecule has 1 aromatic rings. The van der Waals surface area contributed by atoms with Gasteiger partial charge in [-0.1, -0.05) is 38.1 Å². The molecule has 94 valence electrons. The summed E-state index contributed by atoms with van der Waals surface area (Å²) in [4.78, 5) is 10.7. The zero-order chi connectivity index (χ0) is 12.8. The zero-order valence-corrected chi connectivity index (χ0v) is 10.7. The van der Waals surface area contributed by atoms with Gasteiger partial charge in [-0.3, -0.25) is 4.79 Å². The first kappa shape index (κ1) is 13.7. The molecule has 0 amide bonds. The highest BCUT2D eigenvalue weighted by atomic mass is 16.4. The molecule has 0 aliphatic carbocycles. The van der Waals surface area contributed by atoms with Gasteiger partial charge in [0.25, 0.3) is 0 Å². The number of aliphatic carboxylic acids is 1. The Morgan fingerprint density at radius 2 is 1.88 bits per heavy atom. The van der Waals surface area contributed by atoms with Crippen LogP contribution in [0.25, 0.3) is 0 Å². The van der Waals surface area contributed by atoms with Crippen LogP contribution in [-0.4, -0.2) is 24.2 Å². The van der Waals surface area contributed by atoms with Gasteiger partial charge in [0.05, 0.1) is 6.42 Å². The number of hydrogen-bond donors (Lipinski definition) is 2. The van der Waals surface area contributed by atoms with Crippen LogP contribution in [0.2, 0.25) is 0 Å². The molecule has 0 aliphatic heterocycles. The van der Waals surface area contributed by atoms with Crippen LogP contribution in [0.5, 0.6) is 0 Å². The molecule has 2 N–H and O–H groups in total. The Balaban J connectivity index is 2.64. The van der Waals surface area contributed by atoms with Crippen LogP contribution in [0.15, 0.2) is 24.3 Å². The molecule has 3 heteroatoms. The van der Waals surface area contributed by atoms with Gasteiger partial charge in [-0.05, 0) is 30.5 Å². The second-order valence-corrected chi connectivity index (χ2v) is 4.68. The lowest BCUT2D eigenvalue weighted by Gasteiger charge is -2.14. The number of rotatable bonds is 6. The highest BCUT2D eigenvalue weighted by Gasteiger charge is 2.11. The summed E-state index contributed by atoms with van der Waals surface area (Å²) in [5.74, 6) is -0.230. The van der Waals surface area contributed by atoms with E-state index in [2.05, 4.69) is 43.4 Å². The molecular formula is C14H21NO2. The predicted octanol–water partition coefficient (Wildman–Crippen LogP) is 2.42. The average Bonchev–Trinajstić information content (AvgIpc) is 2.28. The Morgan fingerprint density at radius 1 is 1.29 bits per heavy atom. The van der Waals surface area contributed by atoms with Crippen molar-refractivity contribution in [3.8, 4) is 0 Å². The second-order valence-electron chi connectivity index (χ2n) is 4.68. The zero-order valence-electron chi connectivity index (χ0n) is 10.7. The quantitative estimate of drug-likeness (QED) is 0.796. The Morgan fingerprint density at radius 3 is 2.29 bits per heavy atom. The number of carboxylic acid groups (broad SMARTS) is 1. The first-order chi connectivity index (χ1) is 8.02. The molecule has 0 aromatic heterocycles. The number of carbonyl (C=O) groups is 1. The Kier molecular flexibility index (Phi) is 5.16. The van der Waals surface area contributed by atoms with E-state index in [1.54, 1.807) is 7.05 Å². The summed E-state index contributed by atoms with van der Waals surface area (Å²) >= 11 is 0. The van der Waals surface area contributed by atoms with E-state index in [0.717, 1.165) is 6.42 Å². The normalized spacial score (nSPS) is 12.7. The molecular weight excluding hydrogens is 214 g/mol. The number of hydrogen-bond acceptors (Lipinski definition) is 2. The molecule has 0 saturated carbocycles. The van der Waals surface area contributed by atoms with Crippen LogP contribution >= 0.6 is 0 Å². The minimum absolute atomic E-state index is 0.00241. The van der Waals surface area contributed by atoms with Crippen molar-refractivity contribution in [1.82, 2.24) is 5.32 Å². The van der Waals surface area contributed by atoms with Gasteiger partial charge >= 0.3 is 5.97 Å². The summed E-state index contributed by atoms with van der Waals surface area (Å²) in [5.41, 5.74) is 2.49. The van der Waals surface area contributed by atoms with Crippen molar-refractivity contribution < 1.29 is 9.90 Å². The number of benzene rings is 1. The van der Waals surface area contributed by atoms with Crippen LogP contribution in [0.3, 0.4) is 0 Å². The van der Waals surface area contributed by atoms with Crippen molar-refractivity contribution in [2.75, 3.05) is 7.05 Å². The Labute approximate surface area is 103 Å². The standard InChI is InChI=1S/C14H21NO2/c1-10(2)12-6-4-11(5-7-12)8-13(15-3)9-14(16)17/h4-7,10,13,15H,8-9H2,1-3H3,(H,16,17). The summed E-state index contributed by atoms with van der Waals surface area (Å²) in [6.07, 6.45) is 0.906. The maximum absolute atomic E-state index is 10.7. The predicted molar refractivity (Wildman–Crippen MR) is 69.3 cm³/mol. The van der Waals surface area contributed by atoms with E-state index in [1.165, 1.54) is 11.1 Å². The average molecular weight is 235 g/mol. The van der Waals surface area contributed by atoms with Gasteiger partial charge < -0.3 is 10.4 Å². The van der Waals surface area contributed by atoms with Crippen molar-refractivity contribution >= 4 is 5.97 Å². The smallest absolute Gasteiger partial charge is 0.304 e. The minimum Gasteiger partial charge on any atom is -0.481 e. The Hall–Kier alpha value is -1.35. The van der Waals surface area contributed by atoms with Crippen LogP contribution in [0.4, 0.5) is 0 Å². The number of carboxylic acids is 1. The molecule has 0 aliphatic rings. The van der Waals surface area contributed by atoms with E-state index in [0.29, 0.717) is 5.92 Å². The van der Waals surface area contributed by atoms with Crippen LogP contribution in [-0.2, 0) is 11.2 Å². The summed E-state index contributed by atoms with van der Waals surface area (Å²) in [5, 5.41) is 11.8. The minimum atomic E-state index is -0.761. The second kappa shape index (κ2) is 6.40. The third kappa shape index (κ3) is 4.57. The topological polar surface area (TPSA) is 49.3 Å². The molecule has 0 fully saturated rings. The summed E-state index contributed by atoms with van der Waals surface area (Å²) < 4.78 is 0. The van der Waals surface area contributed by atoms with Crippen molar-refractivity contribution in [3.05, 3.63) is 35.4 Å². The van der Waals surface area contributed by atoms with E-state index >= 15 is 0 Å². The molecule has 0 saturated heterocycles. The monoisotopic (exact) mass is 235 g/mol.